The van der Waals surface area contributed by atoms with Gasteiger partial charge in [0.1, 0.15) is 30.0 Å². The summed E-state index contributed by atoms with van der Waals surface area (Å²) in [6.45, 7) is 12.3. The highest BCUT2D eigenvalue weighted by Crippen LogP contribution is 2.48. The number of amidine groups is 3. The van der Waals surface area contributed by atoms with Crippen molar-refractivity contribution in [1.29, 1.82) is 0 Å². The lowest BCUT2D eigenvalue weighted by atomic mass is 9.81. The van der Waals surface area contributed by atoms with E-state index < -0.39 is 24.5 Å². The minimum Gasteiger partial charge on any atom is -0.406 e. The molecule has 0 bridgehead atoms. The van der Waals surface area contributed by atoms with E-state index in [9.17, 15) is 26.3 Å². The van der Waals surface area contributed by atoms with Gasteiger partial charge in [0.05, 0.1) is 41.1 Å². The number of rotatable bonds is 16. The molecule has 5 atom stereocenters. The number of hydrogen-bond acceptors (Lipinski definition) is 11. The Kier molecular flexibility index (Phi) is 19.3. The van der Waals surface area contributed by atoms with Crippen LogP contribution in [-0.4, -0.2) is 97.0 Å². The molecule has 86 heavy (non-hydrogen) atoms. The van der Waals surface area contributed by atoms with E-state index >= 15 is 13.2 Å². The average molecular weight is 1230 g/mol. The number of hydrogen-bond donors (Lipinski definition) is 1. The predicted octanol–water partition coefficient (Wildman–Crippen LogP) is 15.3. The summed E-state index contributed by atoms with van der Waals surface area (Å²) in [7, 11) is 0. The van der Waals surface area contributed by atoms with Gasteiger partial charge >= 0.3 is 18.9 Å². The molecule has 3 aliphatic rings. The molecular weight excluding hydrogens is 1170 g/mol. The number of nitrogens with two attached hydrogens (primary N) is 1. The Bertz CT molecular complexity index is 3610. The van der Waals surface area contributed by atoms with Crippen LogP contribution in [0.1, 0.15) is 93.7 Å². The number of halogens is 9. The van der Waals surface area contributed by atoms with Gasteiger partial charge in [-0.3, -0.25) is 0 Å². The van der Waals surface area contributed by atoms with E-state index in [1.807, 2.05) is 38.1 Å². The number of aliphatic imine (C=N–C) groups is 2. The van der Waals surface area contributed by atoms with Crippen LogP contribution in [0.5, 0.6) is 11.5 Å². The lowest BCUT2D eigenvalue weighted by Gasteiger charge is -2.48. The number of allylic oxidation sites excluding steroid dienone is 2. The van der Waals surface area contributed by atoms with Gasteiger partial charge in [0, 0.05) is 40.6 Å². The van der Waals surface area contributed by atoms with Gasteiger partial charge in [-0.05, 0) is 123 Å². The number of alkyl halides is 9. The smallest absolute Gasteiger partial charge is 0.406 e. The van der Waals surface area contributed by atoms with Gasteiger partial charge < -0.3 is 25.0 Å². The van der Waals surface area contributed by atoms with E-state index in [-0.39, 0.29) is 53.0 Å². The molecule has 0 spiro atoms. The van der Waals surface area contributed by atoms with E-state index in [4.69, 9.17) is 10.8 Å². The van der Waals surface area contributed by atoms with Crippen LogP contribution in [0.25, 0.3) is 17.1 Å². The predicted molar refractivity (Wildman–Crippen MR) is 323 cm³/mol. The first kappa shape index (κ1) is 62.3. The first-order valence-corrected chi connectivity index (χ1v) is 29.2. The molecule has 2 saturated heterocycles. The largest absolute Gasteiger partial charge is 0.573 e. The molecule has 0 saturated carbocycles. The zero-order valence-corrected chi connectivity index (χ0v) is 48.9. The molecule has 9 rings (SSSR count). The van der Waals surface area contributed by atoms with Crippen molar-refractivity contribution in [2.75, 3.05) is 16.4 Å². The van der Waals surface area contributed by atoms with Gasteiger partial charge in [-0.1, -0.05) is 122 Å². The topological polar surface area (TPSA) is 156 Å². The molecule has 2 aliphatic heterocycles. The fraction of sp³-hybridized carbons (Fsp3) is 0.311. The number of anilines is 1. The van der Waals surface area contributed by atoms with E-state index in [0.29, 0.717) is 80.6 Å². The number of ether oxygens (including phenoxy) is 2. The van der Waals surface area contributed by atoms with Gasteiger partial charge in [-0.25, -0.2) is 19.7 Å². The summed E-state index contributed by atoms with van der Waals surface area (Å²) in [5.74, 6) is 0.697. The maximum absolute atomic E-state index is 15.6. The number of benzene rings is 5. The molecule has 2 fully saturated rings. The third-order valence-electron chi connectivity index (χ3n) is 14.4. The third kappa shape index (κ3) is 15.4. The van der Waals surface area contributed by atoms with Crippen molar-refractivity contribution >= 4 is 69.8 Å². The fourth-order valence-corrected chi connectivity index (χ4v) is 13.1. The normalized spacial score (nSPS) is 21.1. The van der Waals surface area contributed by atoms with Crippen LogP contribution >= 0.6 is 23.5 Å². The van der Waals surface area contributed by atoms with Crippen LogP contribution in [0.3, 0.4) is 0 Å². The van der Waals surface area contributed by atoms with Crippen LogP contribution in [-0.2, 0) is 12.6 Å². The van der Waals surface area contributed by atoms with E-state index in [1.54, 1.807) is 41.4 Å². The molecule has 6 aromatic rings. The molecule has 0 radical (unpaired) electrons. The molecule has 14 nitrogen and oxygen atoms in total. The van der Waals surface area contributed by atoms with Crippen molar-refractivity contribution in [3.8, 4) is 28.6 Å². The summed E-state index contributed by atoms with van der Waals surface area (Å²) in [6.07, 6.45) is -2.64. The van der Waals surface area contributed by atoms with Crippen molar-refractivity contribution in [1.82, 2.24) is 19.7 Å². The summed E-state index contributed by atoms with van der Waals surface area (Å²) >= 11 is 2.86. The standard InChI is InChI=1S/C61H59F9N12O2S2/c1-7-8-50-49(25-26-52(59(62,63)64)54(50)81-39(5)27-28-85-57(81)77-75-31-41-9-13-43(14-10-41)55(71)73-34-72-45-17-21-47(22-18-45)83-60(65,66)67)51-33-86-58(82(40(51)6)53-37(3)29-36(2)30-38(53)4)78-76-32-42-11-15-44(16-12-42)56-74-35-80(79-56)46-19-23-48(24-20-46)84-61(68,69)70/h9-26,29-32,34-35,37,39-40,51,53H,7-8,27-28,33H2,1-6H3,(H2,71,72,73)/b75-31+,76-32+,77-57-,78-58-. The van der Waals surface area contributed by atoms with Crippen molar-refractivity contribution in [2.45, 2.75) is 104 Å². The quantitative estimate of drug-likeness (QED) is 0.0431. The Morgan fingerprint density at radius 3 is 1.98 bits per heavy atom. The molecule has 2 N–H and O–H groups in total. The molecule has 450 valence electrons. The summed E-state index contributed by atoms with van der Waals surface area (Å²) < 4.78 is 132. The van der Waals surface area contributed by atoms with Crippen molar-refractivity contribution in [2.24, 2.45) is 42.0 Å². The second-order valence-electron chi connectivity index (χ2n) is 20.7. The van der Waals surface area contributed by atoms with E-state index in [2.05, 4.69) is 89.6 Å². The summed E-state index contributed by atoms with van der Waals surface area (Å²) in [4.78, 5) is 16.6. The lowest BCUT2D eigenvalue weighted by molar-refractivity contribution is -0.275. The lowest BCUT2D eigenvalue weighted by Crippen LogP contribution is -2.54. The van der Waals surface area contributed by atoms with Crippen LogP contribution < -0.4 is 20.1 Å². The Balaban J connectivity index is 0.961. The van der Waals surface area contributed by atoms with Crippen LogP contribution in [0.15, 0.2) is 169 Å². The summed E-state index contributed by atoms with van der Waals surface area (Å²) in [5, 5.41) is 24.0. The fourth-order valence-electron chi connectivity index (χ4n) is 10.6. The molecule has 5 unspecified atom stereocenters. The number of nitrogens with zero attached hydrogens (tertiary/aromatic N) is 11. The molecule has 0 amide bonds. The Morgan fingerprint density at radius 1 is 0.756 bits per heavy atom. The van der Waals surface area contributed by atoms with Crippen molar-refractivity contribution < 1.29 is 49.0 Å². The van der Waals surface area contributed by atoms with Gasteiger partial charge in [0.25, 0.3) is 0 Å². The minimum absolute atomic E-state index is 0.0527. The molecular formula is C61H59F9N12O2S2. The third-order valence-corrected chi connectivity index (χ3v) is 16.5. The van der Waals surface area contributed by atoms with Crippen molar-refractivity contribution in [3.05, 3.63) is 172 Å². The van der Waals surface area contributed by atoms with Crippen LogP contribution in [0.4, 0.5) is 50.9 Å². The van der Waals surface area contributed by atoms with Crippen molar-refractivity contribution in [3.63, 3.8) is 0 Å². The number of aromatic nitrogens is 3. The molecule has 25 heteroatoms. The Morgan fingerprint density at radius 2 is 1.37 bits per heavy atom. The first-order valence-electron chi connectivity index (χ1n) is 27.3. The minimum atomic E-state index is -4.82. The molecule has 5 aromatic carbocycles. The second kappa shape index (κ2) is 26.6. The average Bonchev–Trinajstić information content (AvgIpc) is 0.956. The number of thioether (sulfide) groups is 2. The highest BCUT2D eigenvalue weighted by atomic mass is 32.2. The van der Waals surface area contributed by atoms with Gasteiger partial charge in [0.15, 0.2) is 16.2 Å². The Hall–Kier alpha value is -8.19. The van der Waals surface area contributed by atoms with Gasteiger partial charge in [-0.15, -0.1) is 41.6 Å². The van der Waals surface area contributed by atoms with Gasteiger partial charge in [0.2, 0.25) is 0 Å². The molecule has 3 heterocycles. The second-order valence-corrected chi connectivity index (χ2v) is 22.7. The molecule has 1 aliphatic carbocycles. The van der Waals surface area contributed by atoms with E-state index in [0.717, 1.165) is 34.4 Å². The summed E-state index contributed by atoms with van der Waals surface area (Å²) in [5.41, 5.74) is 12.6. The van der Waals surface area contributed by atoms with Gasteiger partial charge in [-0.2, -0.15) is 23.4 Å². The first-order chi connectivity index (χ1) is 40.9. The molecule has 1 aromatic heterocycles. The SMILES string of the molecule is CCCc1c(C2CS/C(=N\N=C\c3ccc(-c4ncn(-c5ccc(OC(F)(F)F)cc5)n4)cc3)N(C3C(C)=CC(C)=CC3C)C2C)ccc(C(F)(F)F)c1N1/C(=N/N=C/c2ccc(C(N)=NC=Nc3ccc(OC(F)(F)F)cc3)cc2)SCCC1C. The maximum Gasteiger partial charge on any atom is 0.573 e. The zero-order valence-electron chi connectivity index (χ0n) is 47.3. The Labute approximate surface area is 499 Å². The highest BCUT2D eigenvalue weighted by Gasteiger charge is 2.45. The zero-order chi connectivity index (χ0) is 61.5. The monoisotopic (exact) mass is 1230 g/mol. The van der Waals surface area contributed by atoms with Crippen LogP contribution in [0.2, 0.25) is 0 Å². The summed E-state index contributed by atoms with van der Waals surface area (Å²) in [6, 6.07) is 26.5. The van der Waals surface area contributed by atoms with E-state index in [1.165, 1.54) is 89.6 Å². The van der Waals surface area contributed by atoms with Crippen LogP contribution in [0, 0.1) is 5.92 Å². The highest BCUT2D eigenvalue weighted by molar-refractivity contribution is 8.14. The maximum atomic E-state index is 15.6.